The number of rotatable bonds is 5. The number of likely N-dealkylation sites (tertiary alicyclic amines) is 1. The molecule has 1 amide bonds. The number of hydrogen-bond donors (Lipinski definition) is 0. The van der Waals surface area contributed by atoms with Gasteiger partial charge in [0.15, 0.2) is 0 Å². The second kappa shape index (κ2) is 6.14. The van der Waals surface area contributed by atoms with Gasteiger partial charge in [0.25, 0.3) is 0 Å². The van der Waals surface area contributed by atoms with Crippen molar-refractivity contribution in [2.45, 2.75) is 58.2 Å². The van der Waals surface area contributed by atoms with Crippen LogP contribution in [0.25, 0.3) is 0 Å². The summed E-state index contributed by atoms with van der Waals surface area (Å²) in [6.07, 6.45) is 6.74. The normalized spacial score (nSPS) is 22.5. The van der Waals surface area contributed by atoms with Crippen molar-refractivity contribution in [1.82, 2.24) is 14.8 Å². The SMILES string of the molecule is CC(=O)N(C[C@H]1CCCN1Cc1ccc(C)cn1)C1CC1. The number of pyridine rings is 1. The topological polar surface area (TPSA) is 36.4 Å². The summed E-state index contributed by atoms with van der Waals surface area (Å²) < 4.78 is 0. The van der Waals surface area contributed by atoms with Gasteiger partial charge < -0.3 is 4.90 Å². The third-order valence-electron chi connectivity index (χ3n) is 4.64. The molecule has 0 unspecified atom stereocenters. The van der Waals surface area contributed by atoms with Gasteiger partial charge in [-0.05, 0) is 50.8 Å². The highest BCUT2D eigenvalue weighted by Gasteiger charge is 2.35. The first-order valence-corrected chi connectivity index (χ1v) is 8.06. The molecule has 0 N–H and O–H groups in total. The summed E-state index contributed by atoms with van der Waals surface area (Å²) in [6.45, 7) is 6.69. The summed E-state index contributed by atoms with van der Waals surface area (Å²) in [5.74, 6) is 0.234. The molecule has 1 saturated carbocycles. The Kier molecular flexibility index (Phi) is 4.24. The molecule has 1 aromatic rings. The number of aryl methyl sites for hydroxylation is 1. The van der Waals surface area contributed by atoms with Crippen molar-refractivity contribution >= 4 is 5.91 Å². The van der Waals surface area contributed by atoms with Gasteiger partial charge in [0.05, 0.1) is 5.69 Å². The van der Waals surface area contributed by atoms with E-state index in [1.165, 1.54) is 31.2 Å². The molecule has 2 aliphatic rings. The fraction of sp³-hybridized carbons (Fsp3) is 0.647. The molecule has 3 rings (SSSR count). The molecule has 0 radical (unpaired) electrons. The number of amides is 1. The highest BCUT2D eigenvalue weighted by atomic mass is 16.2. The van der Waals surface area contributed by atoms with Crippen LogP contribution in [0.5, 0.6) is 0 Å². The summed E-state index contributed by atoms with van der Waals surface area (Å²) in [7, 11) is 0. The van der Waals surface area contributed by atoms with Crippen LogP contribution < -0.4 is 0 Å². The molecule has 1 saturated heterocycles. The fourth-order valence-corrected chi connectivity index (χ4v) is 3.26. The third-order valence-corrected chi connectivity index (χ3v) is 4.64. The standard InChI is InChI=1S/C17H25N3O/c1-13-5-6-15(18-10-13)11-19-9-3-4-17(19)12-20(14(2)21)16-7-8-16/h5-6,10,16-17H,3-4,7-9,11-12H2,1-2H3/t17-/m1/s1. The Balaban J connectivity index is 1.62. The lowest BCUT2D eigenvalue weighted by Gasteiger charge is -2.30. The van der Waals surface area contributed by atoms with Crippen LogP contribution in [0.1, 0.15) is 43.9 Å². The second-order valence-electron chi connectivity index (χ2n) is 6.50. The van der Waals surface area contributed by atoms with E-state index < -0.39 is 0 Å². The number of aromatic nitrogens is 1. The fourth-order valence-electron chi connectivity index (χ4n) is 3.26. The summed E-state index contributed by atoms with van der Waals surface area (Å²) in [4.78, 5) is 20.9. The Hall–Kier alpha value is -1.42. The molecule has 21 heavy (non-hydrogen) atoms. The molecule has 1 aliphatic heterocycles. The first-order chi connectivity index (χ1) is 10.1. The van der Waals surface area contributed by atoms with Gasteiger partial charge in [-0.3, -0.25) is 14.7 Å². The van der Waals surface area contributed by atoms with E-state index in [1.807, 2.05) is 6.20 Å². The molecule has 0 aromatic carbocycles. The molecular formula is C17H25N3O. The van der Waals surface area contributed by atoms with Crippen LogP contribution >= 0.6 is 0 Å². The summed E-state index contributed by atoms with van der Waals surface area (Å²) >= 11 is 0. The second-order valence-corrected chi connectivity index (χ2v) is 6.50. The average Bonchev–Trinajstić information content (AvgIpc) is 3.20. The molecule has 4 heteroatoms. The molecule has 1 aliphatic carbocycles. The maximum atomic E-state index is 11.8. The molecule has 1 atom stereocenters. The Bertz CT molecular complexity index is 495. The van der Waals surface area contributed by atoms with Crippen LogP contribution in [0.4, 0.5) is 0 Å². The first-order valence-electron chi connectivity index (χ1n) is 8.06. The molecule has 4 nitrogen and oxygen atoms in total. The van der Waals surface area contributed by atoms with Crippen molar-refractivity contribution < 1.29 is 4.79 Å². The highest BCUT2D eigenvalue weighted by Crippen LogP contribution is 2.29. The zero-order valence-corrected chi connectivity index (χ0v) is 13.1. The zero-order chi connectivity index (χ0) is 14.8. The summed E-state index contributed by atoms with van der Waals surface area (Å²) in [5.41, 5.74) is 2.33. The van der Waals surface area contributed by atoms with Gasteiger partial charge in [-0.25, -0.2) is 0 Å². The van der Waals surface area contributed by atoms with Gasteiger partial charge in [-0.15, -0.1) is 0 Å². The Morgan fingerprint density at radius 1 is 1.38 bits per heavy atom. The largest absolute Gasteiger partial charge is 0.338 e. The van der Waals surface area contributed by atoms with Crippen LogP contribution in [0.3, 0.4) is 0 Å². The van der Waals surface area contributed by atoms with Gasteiger partial charge >= 0.3 is 0 Å². The van der Waals surface area contributed by atoms with E-state index in [9.17, 15) is 4.79 Å². The van der Waals surface area contributed by atoms with Crippen LogP contribution in [0.2, 0.25) is 0 Å². The van der Waals surface area contributed by atoms with Gasteiger partial charge in [-0.1, -0.05) is 6.07 Å². The molecule has 2 heterocycles. The smallest absolute Gasteiger partial charge is 0.219 e. The Morgan fingerprint density at radius 3 is 2.81 bits per heavy atom. The summed E-state index contributed by atoms with van der Waals surface area (Å²) in [6, 6.07) is 5.26. The predicted octanol–water partition coefficient (Wildman–Crippen LogP) is 2.37. The zero-order valence-electron chi connectivity index (χ0n) is 13.1. The monoisotopic (exact) mass is 287 g/mol. The predicted molar refractivity (Wildman–Crippen MR) is 82.8 cm³/mol. The number of hydrogen-bond acceptors (Lipinski definition) is 3. The van der Waals surface area contributed by atoms with E-state index in [2.05, 4.69) is 33.8 Å². The molecule has 0 bridgehead atoms. The van der Waals surface area contributed by atoms with E-state index in [1.54, 1.807) is 6.92 Å². The van der Waals surface area contributed by atoms with Crippen LogP contribution in [-0.2, 0) is 11.3 Å². The third kappa shape index (κ3) is 3.62. The molecule has 2 fully saturated rings. The minimum atomic E-state index is 0.234. The molecule has 114 valence electrons. The Morgan fingerprint density at radius 2 is 2.19 bits per heavy atom. The van der Waals surface area contributed by atoms with Crippen molar-refractivity contribution in [3.63, 3.8) is 0 Å². The van der Waals surface area contributed by atoms with Crippen molar-refractivity contribution in [2.24, 2.45) is 0 Å². The molecule has 0 spiro atoms. The lowest BCUT2D eigenvalue weighted by atomic mass is 10.2. The first kappa shape index (κ1) is 14.5. The quantitative estimate of drug-likeness (QED) is 0.834. The number of nitrogens with zero attached hydrogens (tertiary/aromatic N) is 3. The van der Waals surface area contributed by atoms with Gasteiger partial charge in [-0.2, -0.15) is 0 Å². The number of carbonyl (C=O) groups is 1. The van der Waals surface area contributed by atoms with Crippen molar-refractivity contribution in [1.29, 1.82) is 0 Å². The number of carbonyl (C=O) groups excluding carboxylic acids is 1. The summed E-state index contributed by atoms with van der Waals surface area (Å²) in [5, 5.41) is 0. The lowest BCUT2D eigenvalue weighted by Crippen LogP contribution is -2.43. The van der Waals surface area contributed by atoms with Crippen LogP contribution in [0.15, 0.2) is 18.3 Å². The minimum Gasteiger partial charge on any atom is -0.338 e. The van der Waals surface area contributed by atoms with Crippen LogP contribution in [0, 0.1) is 6.92 Å². The molecule has 1 aromatic heterocycles. The van der Waals surface area contributed by atoms with Crippen molar-refractivity contribution in [3.8, 4) is 0 Å². The van der Waals surface area contributed by atoms with Crippen LogP contribution in [-0.4, -0.2) is 45.9 Å². The average molecular weight is 287 g/mol. The minimum absolute atomic E-state index is 0.234. The van der Waals surface area contributed by atoms with E-state index in [0.29, 0.717) is 12.1 Å². The highest BCUT2D eigenvalue weighted by molar-refractivity contribution is 5.74. The van der Waals surface area contributed by atoms with E-state index in [-0.39, 0.29) is 5.91 Å². The maximum absolute atomic E-state index is 11.8. The maximum Gasteiger partial charge on any atom is 0.219 e. The molecular weight excluding hydrogens is 262 g/mol. The van der Waals surface area contributed by atoms with Crippen molar-refractivity contribution in [3.05, 3.63) is 29.6 Å². The van der Waals surface area contributed by atoms with Gasteiger partial charge in [0, 0.05) is 38.3 Å². The Labute approximate surface area is 127 Å². The van der Waals surface area contributed by atoms with Gasteiger partial charge in [0.2, 0.25) is 5.91 Å². The van der Waals surface area contributed by atoms with E-state index in [0.717, 1.165) is 25.3 Å². The van der Waals surface area contributed by atoms with Crippen molar-refractivity contribution in [2.75, 3.05) is 13.1 Å². The van der Waals surface area contributed by atoms with E-state index >= 15 is 0 Å². The van der Waals surface area contributed by atoms with Gasteiger partial charge in [0.1, 0.15) is 0 Å². The van der Waals surface area contributed by atoms with E-state index in [4.69, 9.17) is 0 Å². The lowest BCUT2D eigenvalue weighted by molar-refractivity contribution is -0.130.